The number of carbonyl (C=O) groups is 1. The van der Waals surface area contributed by atoms with Crippen LogP contribution in [0.5, 0.6) is 0 Å². The molecule has 3 heterocycles. The van der Waals surface area contributed by atoms with Crippen molar-refractivity contribution in [3.8, 4) is 0 Å². The summed E-state index contributed by atoms with van der Waals surface area (Å²) in [6.45, 7) is 11.8. The third-order valence-electron chi connectivity index (χ3n) is 7.35. The van der Waals surface area contributed by atoms with Gasteiger partial charge in [0.1, 0.15) is 0 Å². The maximum Gasteiger partial charge on any atom is 0.250 e. The molecule has 0 spiro atoms. The number of fused-ring (bicyclic) bond motifs is 6. The van der Waals surface area contributed by atoms with Crippen LogP contribution in [0.2, 0.25) is 0 Å². The van der Waals surface area contributed by atoms with Crippen LogP contribution < -0.4 is 9.80 Å². The highest BCUT2D eigenvalue weighted by atomic mass is 16.2. The van der Waals surface area contributed by atoms with Gasteiger partial charge >= 0.3 is 0 Å². The van der Waals surface area contributed by atoms with Gasteiger partial charge in [-0.25, -0.2) is 0 Å². The lowest BCUT2D eigenvalue weighted by Gasteiger charge is -2.42. The Labute approximate surface area is 161 Å². The summed E-state index contributed by atoms with van der Waals surface area (Å²) in [6, 6.07) is 16.9. The van der Waals surface area contributed by atoms with Crippen molar-refractivity contribution in [2.45, 2.75) is 51.0 Å². The Morgan fingerprint density at radius 2 is 1.41 bits per heavy atom. The molecule has 3 aliphatic heterocycles. The lowest BCUT2D eigenvalue weighted by atomic mass is 9.69. The minimum atomic E-state index is -0.268. The third-order valence-corrected chi connectivity index (χ3v) is 7.35. The molecule has 0 aliphatic carbocycles. The number of amides is 1. The second-order valence-electron chi connectivity index (χ2n) is 9.28. The molecule has 2 aromatic rings. The number of para-hydroxylation sites is 2. The van der Waals surface area contributed by atoms with E-state index in [1.807, 2.05) is 11.0 Å². The van der Waals surface area contributed by atoms with Gasteiger partial charge < -0.3 is 4.90 Å². The molecule has 138 valence electrons. The van der Waals surface area contributed by atoms with Gasteiger partial charge in [-0.05, 0) is 36.3 Å². The van der Waals surface area contributed by atoms with Crippen molar-refractivity contribution in [1.82, 2.24) is 0 Å². The van der Waals surface area contributed by atoms with E-state index in [1.165, 1.54) is 16.8 Å². The summed E-state index contributed by atoms with van der Waals surface area (Å²) < 4.78 is 0. The number of hydrogen-bond donors (Lipinski definition) is 0. The molecular formula is C24H26N2O. The van der Waals surface area contributed by atoms with Crippen LogP contribution >= 0.6 is 0 Å². The van der Waals surface area contributed by atoms with Crippen molar-refractivity contribution in [1.29, 1.82) is 0 Å². The summed E-state index contributed by atoms with van der Waals surface area (Å²) >= 11 is 0. The number of hydrogen-bond acceptors (Lipinski definition) is 2. The molecule has 2 aromatic carbocycles. The highest BCUT2D eigenvalue weighted by molar-refractivity contribution is 6.04. The largest absolute Gasteiger partial charge is 0.352 e. The zero-order valence-corrected chi connectivity index (χ0v) is 16.7. The smallest absolute Gasteiger partial charge is 0.250 e. The highest BCUT2D eigenvalue weighted by Gasteiger charge is 2.57. The van der Waals surface area contributed by atoms with E-state index in [0.29, 0.717) is 6.54 Å². The van der Waals surface area contributed by atoms with Gasteiger partial charge in [0.15, 0.2) is 0 Å². The van der Waals surface area contributed by atoms with Crippen molar-refractivity contribution in [3.63, 3.8) is 0 Å². The van der Waals surface area contributed by atoms with Crippen molar-refractivity contribution >= 4 is 17.3 Å². The summed E-state index contributed by atoms with van der Waals surface area (Å²) in [5.41, 5.74) is 5.31. The van der Waals surface area contributed by atoms with Crippen molar-refractivity contribution < 1.29 is 4.79 Å². The van der Waals surface area contributed by atoms with Gasteiger partial charge in [0.25, 0.3) is 5.91 Å². The maximum absolute atomic E-state index is 13.5. The van der Waals surface area contributed by atoms with E-state index in [9.17, 15) is 4.79 Å². The standard InChI is InChI=1S/C24H26N2O/c1-22(2)16-10-6-9-13-19(16)26-20(22)14-24(5)23(3,4)17-11-7-8-12-18(17)25(24)15-21(26)27/h6-14H,15H2,1-5H3/t24-/m1/s1. The van der Waals surface area contributed by atoms with Gasteiger partial charge in [-0.2, -0.15) is 0 Å². The highest BCUT2D eigenvalue weighted by Crippen LogP contribution is 2.57. The van der Waals surface area contributed by atoms with Gasteiger partial charge in [0, 0.05) is 22.2 Å². The van der Waals surface area contributed by atoms with Gasteiger partial charge in [-0.15, -0.1) is 0 Å². The van der Waals surface area contributed by atoms with E-state index in [1.54, 1.807) is 0 Å². The van der Waals surface area contributed by atoms with E-state index in [0.717, 1.165) is 11.4 Å². The molecule has 3 heteroatoms. The molecule has 0 bridgehead atoms. The Balaban J connectivity index is 1.80. The summed E-state index contributed by atoms with van der Waals surface area (Å²) in [7, 11) is 0. The third kappa shape index (κ3) is 1.80. The molecule has 0 saturated carbocycles. The Morgan fingerprint density at radius 1 is 0.815 bits per heavy atom. The monoisotopic (exact) mass is 358 g/mol. The Hall–Kier alpha value is -2.55. The molecule has 0 unspecified atom stereocenters. The molecule has 0 radical (unpaired) electrons. The number of rotatable bonds is 0. The van der Waals surface area contributed by atoms with Crippen LogP contribution in [0.1, 0.15) is 45.7 Å². The van der Waals surface area contributed by atoms with Crippen LogP contribution in [0.15, 0.2) is 60.3 Å². The molecule has 3 nitrogen and oxygen atoms in total. The molecule has 1 atom stereocenters. The fourth-order valence-corrected chi connectivity index (χ4v) is 5.34. The zero-order valence-electron chi connectivity index (χ0n) is 16.7. The van der Waals surface area contributed by atoms with Crippen LogP contribution in [0.4, 0.5) is 11.4 Å². The lowest BCUT2D eigenvalue weighted by Crippen LogP contribution is -2.53. The van der Waals surface area contributed by atoms with E-state index < -0.39 is 0 Å². The number of carbonyl (C=O) groups excluding carboxylic acids is 1. The van der Waals surface area contributed by atoms with Gasteiger partial charge in [0.2, 0.25) is 0 Å². The summed E-state index contributed by atoms with van der Waals surface area (Å²) in [5.74, 6) is 0.149. The predicted octanol–water partition coefficient (Wildman–Crippen LogP) is 4.76. The zero-order chi connectivity index (χ0) is 19.2. The fourth-order valence-electron chi connectivity index (χ4n) is 5.34. The Bertz CT molecular complexity index is 1020. The average molecular weight is 358 g/mol. The number of nitrogens with zero attached hydrogens (tertiary/aromatic N) is 2. The van der Waals surface area contributed by atoms with Gasteiger partial charge in [-0.1, -0.05) is 64.1 Å². The van der Waals surface area contributed by atoms with Crippen LogP contribution in [-0.4, -0.2) is 18.0 Å². The topological polar surface area (TPSA) is 23.6 Å². The molecule has 5 rings (SSSR count). The number of allylic oxidation sites excluding steroid dienone is 1. The first kappa shape index (κ1) is 16.6. The summed E-state index contributed by atoms with van der Waals surface area (Å²) in [6.07, 6.45) is 2.37. The summed E-state index contributed by atoms with van der Waals surface area (Å²) in [4.78, 5) is 17.8. The van der Waals surface area contributed by atoms with E-state index in [4.69, 9.17) is 0 Å². The van der Waals surface area contributed by atoms with Gasteiger partial charge in [0.05, 0.1) is 17.8 Å². The minimum absolute atomic E-state index is 0.0995. The fraction of sp³-hybridized carbons (Fsp3) is 0.375. The van der Waals surface area contributed by atoms with Crippen molar-refractivity contribution in [3.05, 3.63) is 71.4 Å². The quantitative estimate of drug-likeness (QED) is 0.677. The minimum Gasteiger partial charge on any atom is -0.352 e. The first-order valence-corrected chi connectivity index (χ1v) is 9.72. The SMILES string of the molecule is CC1(C)C2=C[C@@]3(C)N(CC(=O)N2c2ccccc21)c1ccccc1C3(C)C. The molecule has 0 saturated heterocycles. The molecule has 1 amide bonds. The molecular weight excluding hydrogens is 332 g/mol. The second kappa shape index (κ2) is 4.83. The molecule has 3 aliphatic rings. The first-order chi connectivity index (χ1) is 12.7. The molecule has 0 N–H and O–H groups in total. The van der Waals surface area contributed by atoms with Crippen LogP contribution in [-0.2, 0) is 15.6 Å². The maximum atomic E-state index is 13.5. The first-order valence-electron chi connectivity index (χ1n) is 9.72. The van der Waals surface area contributed by atoms with Crippen molar-refractivity contribution in [2.24, 2.45) is 0 Å². The molecule has 27 heavy (non-hydrogen) atoms. The van der Waals surface area contributed by atoms with Crippen LogP contribution in [0.25, 0.3) is 0 Å². The van der Waals surface area contributed by atoms with Crippen molar-refractivity contribution in [2.75, 3.05) is 16.3 Å². The normalized spacial score (nSPS) is 26.7. The van der Waals surface area contributed by atoms with Crippen LogP contribution in [0, 0.1) is 0 Å². The Morgan fingerprint density at radius 3 is 2.11 bits per heavy atom. The van der Waals surface area contributed by atoms with Crippen LogP contribution in [0.3, 0.4) is 0 Å². The van der Waals surface area contributed by atoms with E-state index in [2.05, 4.69) is 88.1 Å². The average Bonchev–Trinajstić information content (AvgIpc) is 2.88. The summed E-state index contributed by atoms with van der Waals surface area (Å²) in [5, 5.41) is 0. The number of benzene rings is 2. The van der Waals surface area contributed by atoms with Gasteiger partial charge in [-0.3, -0.25) is 9.69 Å². The molecule has 0 aromatic heterocycles. The Kier molecular flexibility index (Phi) is 2.97. The number of anilines is 2. The second-order valence-corrected chi connectivity index (χ2v) is 9.28. The molecule has 0 fully saturated rings. The predicted molar refractivity (Wildman–Crippen MR) is 110 cm³/mol. The van der Waals surface area contributed by atoms with E-state index in [-0.39, 0.29) is 22.3 Å². The lowest BCUT2D eigenvalue weighted by molar-refractivity contribution is -0.116. The van der Waals surface area contributed by atoms with E-state index >= 15 is 0 Å².